The van der Waals surface area contributed by atoms with Gasteiger partial charge in [0, 0.05) is 27.7 Å². The quantitative estimate of drug-likeness (QED) is 0.180. The highest BCUT2D eigenvalue weighted by atomic mass is 79.9. The lowest BCUT2D eigenvalue weighted by Gasteiger charge is -2.27. The lowest BCUT2D eigenvalue weighted by molar-refractivity contribution is -0.384. The summed E-state index contributed by atoms with van der Waals surface area (Å²) in [5, 5.41) is 15.7. The summed E-state index contributed by atoms with van der Waals surface area (Å²) >= 11 is 3.52. The Morgan fingerprint density at radius 2 is 1.71 bits per heavy atom. The summed E-state index contributed by atoms with van der Waals surface area (Å²) in [5.41, 5.74) is 0.765. The molecule has 0 saturated heterocycles. The van der Waals surface area contributed by atoms with Crippen LogP contribution >= 0.6 is 15.9 Å². The minimum atomic E-state index is -1.20. The molecule has 0 aromatic heterocycles. The highest BCUT2D eigenvalue weighted by Gasteiger charge is 2.38. The maximum Gasteiger partial charge on any atom is 0.408 e. The van der Waals surface area contributed by atoms with Gasteiger partial charge < -0.3 is 24.6 Å². The van der Waals surface area contributed by atoms with Crippen LogP contribution in [0.4, 0.5) is 21.9 Å². The number of hydrogen-bond acceptors (Lipinski definition) is 7. The van der Waals surface area contributed by atoms with Crippen LogP contribution in [0.5, 0.6) is 5.75 Å². The largest absolute Gasteiger partial charge is 0.496 e. The fourth-order valence-electron chi connectivity index (χ4n) is 5.24. The summed E-state index contributed by atoms with van der Waals surface area (Å²) in [6, 6.07) is 20.5. The Bertz CT molecular complexity index is 1800. The highest BCUT2D eigenvalue weighted by molar-refractivity contribution is 9.10. The maximum atomic E-state index is 14.4. The summed E-state index contributed by atoms with van der Waals surface area (Å²) in [6.45, 7) is 4.96. The van der Waals surface area contributed by atoms with Crippen LogP contribution in [-0.2, 0) is 16.1 Å². The molecule has 1 aliphatic rings. The van der Waals surface area contributed by atoms with Crippen LogP contribution in [0.2, 0.25) is 0 Å². The number of alkyl carbamates (subject to hydrolysis) is 1. The van der Waals surface area contributed by atoms with E-state index in [1.165, 1.54) is 34.1 Å². The van der Waals surface area contributed by atoms with E-state index in [9.17, 15) is 24.5 Å². The third-order valence-corrected chi connectivity index (χ3v) is 7.73. The lowest BCUT2D eigenvalue weighted by Crippen LogP contribution is -2.53. The van der Waals surface area contributed by atoms with Gasteiger partial charge in [0.05, 0.1) is 36.5 Å². The molecule has 45 heavy (non-hydrogen) atoms. The number of nitrogens with zero attached hydrogens (tertiary/aromatic N) is 3. The molecule has 0 saturated carbocycles. The van der Waals surface area contributed by atoms with Crippen LogP contribution < -0.4 is 19.9 Å². The van der Waals surface area contributed by atoms with Crippen molar-refractivity contribution in [2.75, 3.05) is 23.5 Å². The smallest absolute Gasteiger partial charge is 0.408 e. The van der Waals surface area contributed by atoms with Gasteiger partial charge in [-0.3, -0.25) is 19.7 Å². The summed E-state index contributed by atoms with van der Waals surface area (Å²) in [5.74, 6) is -0.408. The number of halogens is 1. The second-order valence-electron chi connectivity index (χ2n) is 11.4. The van der Waals surface area contributed by atoms with Crippen LogP contribution in [0.15, 0.2) is 83.3 Å². The summed E-state index contributed by atoms with van der Waals surface area (Å²) in [4.78, 5) is 55.0. The number of carbonyl (C=O) groups excluding carboxylic acids is 3. The number of carbonyl (C=O) groups is 3. The summed E-state index contributed by atoms with van der Waals surface area (Å²) in [6.07, 6.45) is -0.818. The summed E-state index contributed by atoms with van der Waals surface area (Å²) < 4.78 is 12.1. The third kappa shape index (κ3) is 6.75. The first kappa shape index (κ1) is 31.5. The Labute approximate surface area is 268 Å². The monoisotopic (exact) mass is 674 g/mol. The predicted octanol–water partition coefficient (Wildman–Crippen LogP) is 6.61. The van der Waals surface area contributed by atoms with Crippen molar-refractivity contribution in [2.45, 2.75) is 39.0 Å². The van der Waals surface area contributed by atoms with Crippen LogP contribution in [0.1, 0.15) is 36.7 Å². The zero-order valence-corrected chi connectivity index (χ0v) is 26.7. The molecule has 0 spiro atoms. The average Bonchev–Trinajstić information content (AvgIpc) is 3.10. The van der Waals surface area contributed by atoms with E-state index < -0.39 is 34.5 Å². The van der Waals surface area contributed by atoms with E-state index in [0.29, 0.717) is 17.1 Å². The fraction of sp³-hybridized carbons (Fsp3) is 0.242. The highest BCUT2D eigenvalue weighted by Crippen LogP contribution is 2.38. The number of nitro benzene ring substituents is 1. The molecule has 1 atom stereocenters. The van der Waals surface area contributed by atoms with E-state index in [2.05, 4.69) is 21.2 Å². The van der Waals surface area contributed by atoms with E-state index in [-0.39, 0.29) is 24.3 Å². The SMILES string of the molecule is COc1ccc2cc(Br)ccc2c1CN1C(=O)[C@@H](NC(=O)OC(C)(C)C)CN(C(=O)c2ccc([N+](=O)[O-])cc2)c2ccccc21. The van der Waals surface area contributed by atoms with Crippen LogP contribution in [-0.4, -0.2) is 48.1 Å². The van der Waals surface area contributed by atoms with Crippen molar-refractivity contribution in [3.63, 3.8) is 0 Å². The van der Waals surface area contributed by atoms with Crippen molar-refractivity contribution in [2.24, 2.45) is 0 Å². The van der Waals surface area contributed by atoms with Crippen molar-refractivity contribution in [3.8, 4) is 5.75 Å². The number of ether oxygens (including phenoxy) is 2. The molecule has 5 rings (SSSR count). The van der Waals surface area contributed by atoms with Gasteiger partial charge in [-0.25, -0.2) is 4.79 Å². The van der Waals surface area contributed by atoms with Crippen molar-refractivity contribution in [1.29, 1.82) is 0 Å². The summed E-state index contributed by atoms with van der Waals surface area (Å²) in [7, 11) is 1.55. The molecule has 0 unspecified atom stereocenters. The Hall–Kier alpha value is -4.97. The Morgan fingerprint density at radius 1 is 1.02 bits per heavy atom. The number of rotatable bonds is 6. The van der Waals surface area contributed by atoms with Gasteiger partial charge in [0.15, 0.2) is 0 Å². The first-order valence-electron chi connectivity index (χ1n) is 14.1. The Morgan fingerprint density at radius 3 is 2.36 bits per heavy atom. The number of hydrogen-bond donors (Lipinski definition) is 1. The molecular formula is C33H31BrN4O7. The average molecular weight is 676 g/mol. The Kier molecular flexibility index (Phi) is 8.78. The van der Waals surface area contributed by atoms with E-state index in [1.807, 2.05) is 30.3 Å². The van der Waals surface area contributed by atoms with Crippen molar-refractivity contribution < 1.29 is 28.8 Å². The number of benzene rings is 4. The molecule has 1 aliphatic heterocycles. The number of non-ortho nitro benzene ring substituents is 1. The van der Waals surface area contributed by atoms with Crippen molar-refractivity contribution in [3.05, 3.63) is 105 Å². The van der Waals surface area contributed by atoms with Crippen molar-refractivity contribution >= 4 is 61.7 Å². The predicted molar refractivity (Wildman–Crippen MR) is 174 cm³/mol. The zero-order chi connectivity index (χ0) is 32.5. The number of fused-ring (bicyclic) bond motifs is 2. The van der Waals surface area contributed by atoms with Crippen LogP contribution in [0.3, 0.4) is 0 Å². The molecule has 11 nitrogen and oxygen atoms in total. The molecule has 1 heterocycles. The standard InChI is InChI=1S/C33H31BrN4O7/c1-33(2,3)45-32(41)35-26-19-37(30(39)20-9-13-23(14-10-20)38(42)43)28-8-6-5-7-27(28)36(31(26)40)18-25-24-15-12-22(34)17-21(24)11-16-29(25)44-4/h5-17,26H,18-19H2,1-4H3,(H,35,41)/t26-/m0/s1. The number of methoxy groups -OCH3 is 1. The molecule has 0 radical (unpaired) electrons. The number of nitrogens with one attached hydrogen (secondary N) is 1. The molecule has 4 aromatic carbocycles. The number of para-hydroxylation sites is 2. The minimum Gasteiger partial charge on any atom is -0.496 e. The van der Waals surface area contributed by atoms with Gasteiger partial charge in [-0.05, 0) is 74.0 Å². The van der Waals surface area contributed by atoms with Gasteiger partial charge in [-0.2, -0.15) is 0 Å². The lowest BCUT2D eigenvalue weighted by atomic mass is 10.0. The molecule has 0 aliphatic carbocycles. The normalized spacial score (nSPS) is 14.9. The Balaban J connectivity index is 1.63. The van der Waals surface area contributed by atoms with Gasteiger partial charge in [0.1, 0.15) is 17.4 Å². The van der Waals surface area contributed by atoms with Gasteiger partial charge >= 0.3 is 6.09 Å². The second kappa shape index (κ2) is 12.6. The van der Waals surface area contributed by atoms with E-state index >= 15 is 0 Å². The first-order chi connectivity index (χ1) is 21.4. The molecular weight excluding hydrogens is 644 g/mol. The van der Waals surface area contributed by atoms with E-state index in [0.717, 1.165) is 20.8 Å². The first-order valence-corrected chi connectivity index (χ1v) is 14.9. The number of anilines is 2. The third-order valence-electron chi connectivity index (χ3n) is 7.24. The molecule has 0 fully saturated rings. The topological polar surface area (TPSA) is 131 Å². The van der Waals surface area contributed by atoms with Crippen molar-refractivity contribution in [1.82, 2.24) is 5.32 Å². The minimum absolute atomic E-state index is 0.0596. The fourth-order valence-corrected chi connectivity index (χ4v) is 5.62. The van der Waals surface area contributed by atoms with Gasteiger partial charge in [-0.1, -0.05) is 40.2 Å². The van der Waals surface area contributed by atoms with Gasteiger partial charge in [0.25, 0.3) is 17.5 Å². The second-order valence-corrected chi connectivity index (χ2v) is 12.4. The molecule has 12 heteroatoms. The maximum absolute atomic E-state index is 14.4. The number of nitro groups is 1. The molecule has 1 N–H and O–H groups in total. The van der Waals surface area contributed by atoms with Gasteiger partial charge in [0.2, 0.25) is 0 Å². The van der Waals surface area contributed by atoms with Crippen LogP contribution in [0.25, 0.3) is 10.8 Å². The molecule has 4 aromatic rings. The van der Waals surface area contributed by atoms with Gasteiger partial charge in [-0.15, -0.1) is 0 Å². The molecule has 232 valence electrons. The number of amides is 3. The zero-order valence-electron chi connectivity index (χ0n) is 25.1. The van der Waals surface area contributed by atoms with Crippen LogP contribution in [0, 0.1) is 10.1 Å². The molecule has 0 bridgehead atoms. The van der Waals surface area contributed by atoms with E-state index in [1.54, 1.807) is 52.1 Å². The molecule has 3 amide bonds. The van der Waals surface area contributed by atoms with E-state index in [4.69, 9.17) is 9.47 Å².